The van der Waals surface area contributed by atoms with Gasteiger partial charge in [-0.05, 0) is 6.92 Å². The van der Waals surface area contributed by atoms with Gasteiger partial charge in [-0.25, -0.2) is 13.2 Å². The molecule has 1 N–H and O–H groups in total. The number of hydrogen-bond acceptors (Lipinski definition) is 5. The minimum absolute atomic E-state index is 0.136. The van der Waals surface area contributed by atoms with E-state index in [2.05, 4.69) is 10.2 Å². The Morgan fingerprint density at radius 3 is 2.63 bits per heavy atom. The predicted molar refractivity (Wildman–Crippen MR) is 65.9 cm³/mol. The molecule has 1 fully saturated rings. The normalized spacial score (nSPS) is 17.4. The number of piperazine rings is 1. The lowest BCUT2D eigenvalue weighted by Gasteiger charge is -2.32. The molecular formula is C10H16N4O4S. The van der Waals surface area contributed by atoms with Gasteiger partial charge in [0.05, 0.1) is 12.8 Å². The minimum atomic E-state index is -3.52. The Bertz CT molecular complexity index is 520. The Morgan fingerprint density at radius 1 is 1.42 bits per heavy atom. The maximum absolute atomic E-state index is 12.2. The number of carbonyl (C=O) groups excluding carboxylic acids is 1. The highest BCUT2D eigenvalue weighted by atomic mass is 32.2. The van der Waals surface area contributed by atoms with Crippen molar-refractivity contribution in [1.82, 2.24) is 19.4 Å². The van der Waals surface area contributed by atoms with E-state index in [1.54, 1.807) is 6.92 Å². The first-order valence-corrected chi connectivity index (χ1v) is 7.40. The Morgan fingerprint density at radius 2 is 2.11 bits per heavy atom. The Balaban J connectivity index is 1.99. The number of rotatable bonds is 3. The summed E-state index contributed by atoms with van der Waals surface area (Å²) in [4.78, 5) is 13.1. The lowest BCUT2D eigenvalue weighted by molar-refractivity contribution is 0.0934. The zero-order chi connectivity index (χ0) is 13.9. The molecule has 0 aliphatic carbocycles. The van der Waals surface area contributed by atoms with Crippen LogP contribution in [0.25, 0.3) is 0 Å². The van der Waals surface area contributed by atoms with Crippen LogP contribution in [0, 0.1) is 0 Å². The van der Waals surface area contributed by atoms with E-state index in [0.717, 1.165) is 0 Å². The Kier molecular flexibility index (Phi) is 4.05. The highest BCUT2D eigenvalue weighted by molar-refractivity contribution is 7.89. The number of nitrogens with one attached hydrogen (secondary N) is 1. The molecule has 0 aromatic carbocycles. The van der Waals surface area contributed by atoms with Crippen LogP contribution in [-0.4, -0.2) is 66.7 Å². The summed E-state index contributed by atoms with van der Waals surface area (Å²) in [5.41, 5.74) is 0. The van der Waals surface area contributed by atoms with Gasteiger partial charge in [0.1, 0.15) is 4.90 Å². The van der Waals surface area contributed by atoms with E-state index in [-0.39, 0.29) is 18.0 Å². The SMILES string of the molecule is CCOC(=O)N1CCN(S(=O)(=O)c2cn[nH]c2)CC1. The molecule has 0 saturated carbocycles. The van der Waals surface area contributed by atoms with Crippen LogP contribution in [0.4, 0.5) is 4.79 Å². The van der Waals surface area contributed by atoms with Crippen LogP contribution >= 0.6 is 0 Å². The quantitative estimate of drug-likeness (QED) is 0.836. The number of aromatic nitrogens is 2. The number of H-pyrrole nitrogens is 1. The third-order valence-corrected chi connectivity index (χ3v) is 4.74. The maximum Gasteiger partial charge on any atom is 0.409 e. The summed E-state index contributed by atoms with van der Waals surface area (Å²) in [6.07, 6.45) is 2.21. The predicted octanol–water partition coefficient (Wildman–Crippen LogP) is -0.127. The van der Waals surface area contributed by atoms with Gasteiger partial charge in [0.15, 0.2) is 0 Å². The van der Waals surface area contributed by atoms with E-state index in [0.29, 0.717) is 19.7 Å². The molecule has 1 saturated heterocycles. The highest BCUT2D eigenvalue weighted by Gasteiger charge is 2.30. The van der Waals surface area contributed by atoms with Crippen molar-refractivity contribution in [2.24, 2.45) is 0 Å². The zero-order valence-electron chi connectivity index (χ0n) is 10.6. The van der Waals surface area contributed by atoms with Crippen molar-refractivity contribution in [3.63, 3.8) is 0 Å². The summed E-state index contributed by atoms with van der Waals surface area (Å²) in [5, 5.41) is 6.11. The van der Waals surface area contributed by atoms with Gasteiger partial charge in [-0.3, -0.25) is 5.10 Å². The molecule has 106 valence electrons. The van der Waals surface area contributed by atoms with Crippen molar-refractivity contribution in [2.45, 2.75) is 11.8 Å². The number of aromatic amines is 1. The van der Waals surface area contributed by atoms with Crippen LogP contribution < -0.4 is 0 Å². The van der Waals surface area contributed by atoms with Gasteiger partial charge >= 0.3 is 6.09 Å². The minimum Gasteiger partial charge on any atom is -0.450 e. The molecule has 2 heterocycles. The average Bonchev–Trinajstić information content (AvgIpc) is 2.94. The molecule has 1 aromatic heterocycles. The molecule has 19 heavy (non-hydrogen) atoms. The molecular weight excluding hydrogens is 272 g/mol. The zero-order valence-corrected chi connectivity index (χ0v) is 11.4. The fourth-order valence-corrected chi connectivity index (χ4v) is 3.18. The van der Waals surface area contributed by atoms with Crippen molar-refractivity contribution in [3.8, 4) is 0 Å². The summed E-state index contributed by atoms with van der Waals surface area (Å²) in [7, 11) is -3.52. The standard InChI is InChI=1S/C10H16N4O4S/c1-2-18-10(15)13-3-5-14(6-4-13)19(16,17)9-7-11-12-8-9/h7-8H,2-6H2,1H3,(H,11,12). The molecule has 2 rings (SSSR count). The molecule has 0 bridgehead atoms. The number of nitrogens with zero attached hydrogens (tertiary/aromatic N) is 3. The van der Waals surface area contributed by atoms with Crippen LogP contribution in [0.3, 0.4) is 0 Å². The topological polar surface area (TPSA) is 95.6 Å². The molecule has 8 nitrogen and oxygen atoms in total. The third-order valence-electron chi connectivity index (χ3n) is 2.88. The molecule has 0 atom stereocenters. The molecule has 1 aromatic rings. The first kappa shape index (κ1) is 13.8. The average molecular weight is 288 g/mol. The Hall–Kier alpha value is -1.61. The number of carbonyl (C=O) groups is 1. The van der Waals surface area contributed by atoms with E-state index >= 15 is 0 Å². The lowest BCUT2D eigenvalue weighted by atomic mass is 10.4. The van der Waals surface area contributed by atoms with Crippen molar-refractivity contribution in [1.29, 1.82) is 0 Å². The van der Waals surface area contributed by atoms with Crippen LogP contribution in [-0.2, 0) is 14.8 Å². The van der Waals surface area contributed by atoms with E-state index in [9.17, 15) is 13.2 Å². The van der Waals surface area contributed by atoms with Crippen molar-refractivity contribution < 1.29 is 17.9 Å². The first-order valence-electron chi connectivity index (χ1n) is 5.96. The number of amides is 1. The second-order valence-electron chi connectivity index (χ2n) is 4.02. The van der Waals surface area contributed by atoms with Gasteiger partial charge < -0.3 is 9.64 Å². The van der Waals surface area contributed by atoms with Crippen molar-refractivity contribution >= 4 is 16.1 Å². The van der Waals surface area contributed by atoms with Gasteiger partial charge in [-0.2, -0.15) is 9.40 Å². The van der Waals surface area contributed by atoms with Gasteiger partial charge in [-0.15, -0.1) is 0 Å². The molecule has 1 aliphatic heterocycles. The number of hydrogen-bond donors (Lipinski definition) is 1. The lowest BCUT2D eigenvalue weighted by Crippen LogP contribution is -2.50. The highest BCUT2D eigenvalue weighted by Crippen LogP contribution is 2.16. The fourth-order valence-electron chi connectivity index (χ4n) is 1.85. The fraction of sp³-hybridized carbons (Fsp3) is 0.600. The summed E-state index contributed by atoms with van der Waals surface area (Å²) >= 11 is 0. The van der Waals surface area contributed by atoms with Gasteiger partial charge in [0.25, 0.3) is 0 Å². The Labute approximate surface area is 111 Å². The number of sulfonamides is 1. The monoisotopic (exact) mass is 288 g/mol. The van der Waals surface area contributed by atoms with E-state index < -0.39 is 16.1 Å². The summed E-state index contributed by atoms with van der Waals surface area (Å²) in [6, 6.07) is 0. The van der Waals surface area contributed by atoms with E-state index in [1.807, 2.05) is 0 Å². The molecule has 0 radical (unpaired) electrons. The van der Waals surface area contributed by atoms with Crippen LogP contribution in [0.2, 0.25) is 0 Å². The smallest absolute Gasteiger partial charge is 0.409 e. The summed E-state index contributed by atoms with van der Waals surface area (Å²) in [6.45, 7) is 3.22. The van der Waals surface area contributed by atoms with Crippen LogP contribution in [0.15, 0.2) is 17.3 Å². The second kappa shape index (κ2) is 5.57. The number of ether oxygens (including phenoxy) is 1. The van der Waals surface area contributed by atoms with Crippen LogP contribution in [0.5, 0.6) is 0 Å². The third kappa shape index (κ3) is 2.87. The van der Waals surface area contributed by atoms with Gasteiger partial charge in [0, 0.05) is 32.4 Å². The molecule has 9 heteroatoms. The van der Waals surface area contributed by atoms with Crippen LogP contribution in [0.1, 0.15) is 6.92 Å². The second-order valence-corrected chi connectivity index (χ2v) is 5.96. The van der Waals surface area contributed by atoms with Gasteiger partial charge in [0.2, 0.25) is 10.0 Å². The van der Waals surface area contributed by atoms with Crippen molar-refractivity contribution in [3.05, 3.63) is 12.4 Å². The molecule has 1 amide bonds. The summed E-state index contributed by atoms with van der Waals surface area (Å²) < 4.78 is 30.6. The largest absolute Gasteiger partial charge is 0.450 e. The van der Waals surface area contributed by atoms with E-state index in [1.165, 1.54) is 21.6 Å². The van der Waals surface area contributed by atoms with Crippen molar-refractivity contribution in [2.75, 3.05) is 32.8 Å². The molecule has 0 spiro atoms. The molecule has 1 aliphatic rings. The van der Waals surface area contributed by atoms with E-state index in [4.69, 9.17) is 4.74 Å². The maximum atomic E-state index is 12.2. The molecule has 0 unspecified atom stereocenters. The first-order chi connectivity index (χ1) is 9.05. The van der Waals surface area contributed by atoms with Gasteiger partial charge in [-0.1, -0.05) is 0 Å². The summed E-state index contributed by atoms with van der Waals surface area (Å²) in [5.74, 6) is 0.